The Hall–Kier alpha value is -3.26. The number of nitrogens with zero attached hydrogens (tertiary/aromatic N) is 2. The summed E-state index contributed by atoms with van der Waals surface area (Å²) in [5.74, 6) is 0.199. The van der Waals surface area contributed by atoms with Crippen LogP contribution >= 0.6 is 11.6 Å². The van der Waals surface area contributed by atoms with Crippen molar-refractivity contribution in [3.63, 3.8) is 0 Å². The Labute approximate surface area is 170 Å². The number of methoxy groups -OCH3 is 1. The highest BCUT2D eigenvalue weighted by Crippen LogP contribution is 2.35. The predicted octanol–water partition coefficient (Wildman–Crippen LogP) is 3.69. The Morgan fingerprint density at radius 3 is 2.93 bits per heavy atom. The topological polar surface area (TPSA) is 95.0 Å². The summed E-state index contributed by atoms with van der Waals surface area (Å²) >= 11 is 6.05. The van der Waals surface area contributed by atoms with Crippen molar-refractivity contribution in [3.8, 4) is 17.3 Å². The summed E-state index contributed by atoms with van der Waals surface area (Å²) in [6, 6.07) is 10.1. The van der Waals surface area contributed by atoms with Gasteiger partial charge in [-0.3, -0.25) is 9.59 Å². The maximum atomic E-state index is 12.5. The number of carbonyl (C=O) groups excluding carboxylic acids is 2. The molecule has 0 N–H and O–H groups in total. The van der Waals surface area contributed by atoms with E-state index in [0.29, 0.717) is 33.7 Å². The number of aromatic nitrogens is 1. The molecule has 3 aromatic rings. The average Bonchev–Trinajstić information content (AvgIpc) is 3.46. The molecular formula is C20H17ClN2O6. The monoisotopic (exact) mass is 416 g/mol. The molecule has 0 aliphatic carbocycles. The van der Waals surface area contributed by atoms with E-state index in [9.17, 15) is 9.59 Å². The van der Waals surface area contributed by atoms with Crippen molar-refractivity contribution >= 4 is 29.2 Å². The van der Waals surface area contributed by atoms with Gasteiger partial charge in [0.2, 0.25) is 11.7 Å². The van der Waals surface area contributed by atoms with Crippen LogP contribution in [0.15, 0.2) is 51.6 Å². The third-order valence-corrected chi connectivity index (χ3v) is 4.81. The number of ether oxygens (including phenoxy) is 2. The lowest BCUT2D eigenvalue weighted by atomic mass is 10.1. The van der Waals surface area contributed by atoms with E-state index in [-0.39, 0.29) is 25.5 Å². The van der Waals surface area contributed by atoms with Crippen LogP contribution in [0.2, 0.25) is 5.02 Å². The van der Waals surface area contributed by atoms with Gasteiger partial charge in [-0.25, -0.2) is 0 Å². The molecule has 9 heteroatoms. The fourth-order valence-electron chi connectivity index (χ4n) is 3.15. The summed E-state index contributed by atoms with van der Waals surface area (Å²) in [7, 11) is 1.51. The zero-order valence-electron chi connectivity index (χ0n) is 15.5. The van der Waals surface area contributed by atoms with Gasteiger partial charge in [-0.1, -0.05) is 16.8 Å². The van der Waals surface area contributed by atoms with E-state index in [2.05, 4.69) is 5.16 Å². The molecule has 29 heavy (non-hydrogen) atoms. The summed E-state index contributed by atoms with van der Waals surface area (Å²) < 4.78 is 21.0. The number of hydrogen-bond donors (Lipinski definition) is 0. The third kappa shape index (κ3) is 3.97. The molecule has 1 amide bonds. The minimum atomic E-state index is -0.595. The molecule has 0 saturated carbocycles. The summed E-state index contributed by atoms with van der Waals surface area (Å²) in [5, 5.41) is 4.33. The van der Waals surface area contributed by atoms with Crippen LogP contribution in [0.25, 0.3) is 11.5 Å². The first kappa shape index (κ1) is 19.1. The Morgan fingerprint density at radius 2 is 2.17 bits per heavy atom. The number of amides is 1. The molecule has 0 radical (unpaired) electrons. The van der Waals surface area contributed by atoms with E-state index in [4.69, 9.17) is 30.0 Å². The van der Waals surface area contributed by atoms with Gasteiger partial charge in [-0.2, -0.15) is 0 Å². The molecule has 4 rings (SSSR count). The summed E-state index contributed by atoms with van der Waals surface area (Å²) in [6.07, 6.45) is 1.57. The fourth-order valence-corrected chi connectivity index (χ4v) is 3.32. The van der Waals surface area contributed by atoms with Gasteiger partial charge < -0.3 is 23.3 Å². The number of anilines is 1. The van der Waals surface area contributed by atoms with Crippen molar-refractivity contribution in [1.29, 1.82) is 0 Å². The number of esters is 1. The van der Waals surface area contributed by atoms with Crippen LogP contribution in [0.1, 0.15) is 12.1 Å². The van der Waals surface area contributed by atoms with E-state index in [1.807, 2.05) is 0 Å². The summed E-state index contributed by atoms with van der Waals surface area (Å²) in [4.78, 5) is 26.4. The van der Waals surface area contributed by atoms with E-state index in [1.54, 1.807) is 36.4 Å². The SMILES string of the molecule is COc1ccc(Cl)cc1N1C[C@@H](C(=O)OCc2cc(-c3ccco3)on2)CC1=O. The van der Waals surface area contributed by atoms with E-state index in [0.717, 1.165) is 0 Å². The maximum Gasteiger partial charge on any atom is 0.311 e. The van der Waals surface area contributed by atoms with Gasteiger partial charge in [-0.05, 0) is 30.3 Å². The lowest BCUT2D eigenvalue weighted by molar-refractivity contribution is -0.149. The number of rotatable bonds is 6. The highest BCUT2D eigenvalue weighted by molar-refractivity contribution is 6.31. The highest BCUT2D eigenvalue weighted by atomic mass is 35.5. The molecule has 2 aromatic heterocycles. The minimum absolute atomic E-state index is 0.0466. The van der Waals surface area contributed by atoms with Crippen molar-refractivity contribution < 1.29 is 28.0 Å². The maximum absolute atomic E-state index is 12.5. The quantitative estimate of drug-likeness (QED) is 0.565. The molecule has 1 aliphatic heterocycles. The molecule has 1 aliphatic rings. The number of hydrogen-bond acceptors (Lipinski definition) is 7. The first-order chi connectivity index (χ1) is 14.0. The van der Waals surface area contributed by atoms with E-state index in [1.165, 1.54) is 18.3 Å². The van der Waals surface area contributed by atoms with Crippen molar-refractivity contribution in [1.82, 2.24) is 5.16 Å². The van der Waals surface area contributed by atoms with Gasteiger partial charge in [0.25, 0.3) is 0 Å². The van der Waals surface area contributed by atoms with Crippen LogP contribution in [-0.2, 0) is 20.9 Å². The molecule has 8 nitrogen and oxygen atoms in total. The minimum Gasteiger partial charge on any atom is -0.495 e. The Kier molecular flexibility index (Phi) is 5.26. The van der Waals surface area contributed by atoms with Crippen molar-refractivity contribution in [2.24, 2.45) is 5.92 Å². The highest BCUT2D eigenvalue weighted by Gasteiger charge is 2.37. The van der Waals surface area contributed by atoms with Gasteiger partial charge in [0.15, 0.2) is 5.76 Å². The van der Waals surface area contributed by atoms with E-state index < -0.39 is 11.9 Å². The van der Waals surface area contributed by atoms with Crippen LogP contribution in [0.3, 0.4) is 0 Å². The number of carbonyl (C=O) groups is 2. The molecule has 3 heterocycles. The molecule has 0 bridgehead atoms. The second-order valence-electron chi connectivity index (χ2n) is 6.49. The standard InChI is InChI=1S/C20H17ClN2O6/c1-26-16-5-4-13(21)8-15(16)23-10-12(7-19(23)24)20(25)28-11-14-9-18(29-22-14)17-3-2-6-27-17/h2-6,8-9,12H,7,10-11H2,1H3/t12-/m0/s1. The van der Waals surface area contributed by atoms with Crippen LogP contribution in [-0.4, -0.2) is 30.7 Å². The van der Waals surface area contributed by atoms with Crippen LogP contribution in [0.4, 0.5) is 5.69 Å². The average molecular weight is 417 g/mol. The fraction of sp³-hybridized carbons (Fsp3) is 0.250. The lowest BCUT2D eigenvalue weighted by Gasteiger charge is -2.19. The van der Waals surface area contributed by atoms with Crippen LogP contribution < -0.4 is 9.64 Å². The molecule has 0 spiro atoms. The third-order valence-electron chi connectivity index (χ3n) is 4.58. The first-order valence-electron chi connectivity index (χ1n) is 8.85. The lowest BCUT2D eigenvalue weighted by Crippen LogP contribution is -2.26. The predicted molar refractivity (Wildman–Crippen MR) is 102 cm³/mol. The van der Waals surface area contributed by atoms with Crippen molar-refractivity contribution in [2.45, 2.75) is 13.0 Å². The molecule has 150 valence electrons. The number of halogens is 1. The van der Waals surface area contributed by atoms with Crippen LogP contribution in [0.5, 0.6) is 5.75 Å². The second kappa shape index (κ2) is 8.00. The molecule has 1 saturated heterocycles. The number of furan rings is 1. The van der Waals surface area contributed by atoms with Crippen LogP contribution in [0, 0.1) is 5.92 Å². The molecule has 1 fully saturated rings. The Balaban J connectivity index is 1.39. The summed E-state index contributed by atoms with van der Waals surface area (Å²) in [6.45, 7) is 0.124. The molecule has 1 aromatic carbocycles. The molecular weight excluding hydrogens is 400 g/mol. The first-order valence-corrected chi connectivity index (χ1v) is 9.23. The van der Waals surface area contributed by atoms with Gasteiger partial charge >= 0.3 is 5.97 Å². The normalized spacial score (nSPS) is 16.3. The van der Waals surface area contributed by atoms with Crippen molar-refractivity contribution in [2.75, 3.05) is 18.6 Å². The van der Waals surface area contributed by atoms with Gasteiger partial charge in [-0.15, -0.1) is 0 Å². The second-order valence-corrected chi connectivity index (χ2v) is 6.93. The molecule has 0 unspecified atom stereocenters. The van der Waals surface area contributed by atoms with E-state index >= 15 is 0 Å². The Bertz CT molecular complexity index is 1030. The van der Waals surface area contributed by atoms with Crippen molar-refractivity contribution in [3.05, 3.63) is 53.4 Å². The smallest absolute Gasteiger partial charge is 0.311 e. The zero-order chi connectivity index (χ0) is 20.4. The zero-order valence-corrected chi connectivity index (χ0v) is 16.2. The van der Waals surface area contributed by atoms with Gasteiger partial charge in [0, 0.05) is 24.1 Å². The van der Waals surface area contributed by atoms with Gasteiger partial charge in [0.1, 0.15) is 18.1 Å². The number of benzene rings is 1. The molecule has 1 atom stereocenters. The summed E-state index contributed by atoms with van der Waals surface area (Å²) in [5.41, 5.74) is 0.974. The Morgan fingerprint density at radius 1 is 1.31 bits per heavy atom. The largest absolute Gasteiger partial charge is 0.495 e. The van der Waals surface area contributed by atoms with Gasteiger partial charge in [0.05, 0.1) is 25.0 Å².